The molecule has 2 N–H and O–H groups in total. The van der Waals surface area contributed by atoms with E-state index in [4.69, 9.17) is 14.6 Å². The fraction of sp³-hybridized carbons (Fsp3) is 0.304. The van der Waals surface area contributed by atoms with E-state index in [0.717, 1.165) is 17.0 Å². The van der Waals surface area contributed by atoms with Crippen LogP contribution in [0.15, 0.2) is 42.6 Å². The average molecular weight is 523 g/mol. The van der Waals surface area contributed by atoms with Gasteiger partial charge in [-0.25, -0.2) is 4.98 Å². The SMILES string of the molecule is CNc1nc(Oc2cccc(OC(F)(F)F)c2)n(Cc2ccc(OC)nc2)c1C(=O)N(C=O)CCCO. The maximum absolute atomic E-state index is 13.3. The maximum atomic E-state index is 13.3. The highest BCUT2D eigenvalue weighted by Crippen LogP contribution is 2.32. The van der Waals surface area contributed by atoms with Crippen LogP contribution in [0.5, 0.6) is 23.4 Å². The second-order valence-electron chi connectivity index (χ2n) is 7.44. The minimum Gasteiger partial charge on any atom is -0.481 e. The third kappa shape index (κ3) is 7.10. The molecule has 11 nitrogen and oxygen atoms in total. The van der Waals surface area contributed by atoms with E-state index in [-0.39, 0.29) is 49.4 Å². The van der Waals surface area contributed by atoms with Crippen LogP contribution >= 0.6 is 0 Å². The molecule has 0 spiro atoms. The van der Waals surface area contributed by atoms with Crippen molar-refractivity contribution in [1.29, 1.82) is 0 Å². The summed E-state index contributed by atoms with van der Waals surface area (Å²) in [4.78, 5) is 34.2. The molecular weight excluding hydrogens is 499 g/mol. The highest BCUT2D eigenvalue weighted by Gasteiger charge is 2.31. The number of aliphatic hydroxyl groups is 1. The van der Waals surface area contributed by atoms with Crippen LogP contribution in [0.25, 0.3) is 0 Å². The summed E-state index contributed by atoms with van der Waals surface area (Å²) in [6.45, 7) is -0.296. The third-order valence-electron chi connectivity index (χ3n) is 4.91. The van der Waals surface area contributed by atoms with Gasteiger partial charge in [0, 0.05) is 38.5 Å². The molecule has 2 aromatic heterocycles. The number of carbonyl (C=O) groups is 2. The molecule has 2 amide bonds. The molecule has 0 saturated heterocycles. The Kier molecular flexibility index (Phi) is 8.90. The van der Waals surface area contributed by atoms with Crippen molar-refractivity contribution in [1.82, 2.24) is 19.4 Å². The van der Waals surface area contributed by atoms with Crippen LogP contribution in [0.2, 0.25) is 0 Å². The number of hydrogen-bond acceptors (Lipinski definition) is 9. The number of methoxy groups -OCH3 is 1. The quantitative estimate of drug-likeness (QED) is 0.344. The molecule has 0 bridgehead atoms. The number of amides is 2. The maximum Gasteiger partial charge on any atom is 0.573 e. The van der Waals surface area contributed by atoms with Crippen molar-refractivity contribution in [3.8, 4) is 23.4 Å². The van der Waals surface area contributed by atoms with E-state index in [0.29, 0.717) is 17.9 Å². The number of ether oxygens (including phenoxy) is 3. The van der Waals surface area contributed by atoms with Gasteiger partial charge < -0.3 is 24.6 Å². The lowest BCUT2D eigenvalue weighted by molar-refractivity contribution is -0.274. The summed E-state index contributed by atoms with van der Waals surface area (Å²) in [5, 5.41) is 11.9. The van der Waals surface area contributed by atoms with E-state index in [1.54, 1.807) is 12.1 Å². The van der Waals surface area contributed by atoms with Crippen LogP contribution in [0.3, 0.4) is 0 Å². The smallest absolute Gasteiger partial charge is 0.481 e. The monoisotopic (exact) mass is 523 g/mol. The van der Waals surface area contributed by atoms with Gasteiger partial charge in [-0.2, -0.15) is 4.98 Å². The van der Waals surface area contributed by atoms with E-state index < -0.39 is 18.0 Å². The fourth-order valence-corrected chi connectivity index (χ4v) is 3.28. The summed E-state index contributed by atoms with van der Waals surface area (Å²) < 4.78 is 54.1. The summed E-state index contributed by atoms with van der Waals surface area (Å²) in [5.74, 6) is -0.875. The second-order valence-corrected chi connectivity index (χ2v) is 7.44. The fourth-order valence-electron chi connectivity index (χ4n) is 3.28. The van der Waals surface area contributed by atoms with Crippen LogP contribution in [0.1, 0.15) is 22.5 Å². The van der Waals surface area contributed by atoms with Crippen LogP contribution < -0.4 is 19.5 Å². The summed E-state index contributed by atoms with van der Waals surface area (Å²) in [5.41, 5.74) is 0.544. The number of imidazole rings is 1. The zero-order valence-corrected chi connectivity index (χ0v) is 19.9. The van der Waals surface area contributed by atoms with E-state index in [1.807, 2.05) is 0 Å². The number of aromatic nitrogens is 3. The van der Waals surface area contributed by atoms with E-state index >= 15 is 0 Å². The molecule has 0 aliphatic carbocycles. The first-order valence-electron chi connectivity index (χ1n) is 10.9. The first-order chi connectivity index (χ1) is 17.7. The predicted molar refractivity (Wildman–Crippen MR) is 124 cm³/mol. The Labute approximate surface area is 209 Å². The molecule has 3 rings (SSSR count). The first-order valence-corrected chi connectivity index (χ1v) is 10.9. The molecule has 37 heavy (non-hydrogen) atoms. The van der Waals surface area contributed by atoms with Gasteiger partial charge in [-0.3, -0.25) is 19.1 Å². The van der Waals surface area contributed by atoms with Crippen LogP contribution in [0.4, 0.5) is 19.0 Å². The Balaban J connectivity index is 2.06. The van der Waals surface area contributed by atoms with Crippen molar-refractivity contribution in [2.24, 2.45) is 0 Å². The largest absolute Gasteiger partial charge is 0.573 e. The Hall–Kier alpha value is -4.33. The second kappa shape index (κ2) is 12.1. The molecule has 14 heteroatoms. The van der Waals surface area contributed by atoms with Crippen LogP contribution in [-0.2, 0) is 11.3 Å². The number of nitrogens with one attached hydrogen (secondary N) is 1. The average Bonchev–Trinajstić information content (AvgIpc) is 3.20. The van der Waals surface area contributed by atoms with Gasteiger partial charge in [0.15, 0.2) is 11.5 Å². The highest BCUT2D eigenvalue weighted by atomic mass is 19.4. The van der Waals surface area contributed by atoms with Gasteiger partial charge in [-0.1, -0.05) is 12.1 Å². The van der Waals surface area contributed by atoms with Gasteiger partial charge in [0.05, 0.1) is 13.7 Å². The van der Waals surface area contributed by atoms with Gasteiger partial charge in [-0.05, 0) is 24.1 Å². The predicted octanol–water partition coefficient (Wildman–Crippen LogP) is 3.05. The first kappa shape index (κ1) is 27.3. The number of alkyl halides is 3. The zero-order valence-electron chi connectivity index (χ0n) is 19.9. The van der Waals surface area contributed by atoms with E-state index in [2.05, 4.69) is 20.0 Å². The number of nitrogens with zero attached hydrogens (tertiary/aromatic N) is 4. The molecule has 0 radical (unpaired) electrons. The van der Waals surface area contributed by atoms with Gasteiger partial charge >= 0.3 is 12.4 Å². The summed E-state index contributed by atoms with van der Waals surface area (Å²) in [6.07, 6.45) is -2.91. The minimum atomic E-state index is -4.90. The Morgan fingerprint density at radius 2 is 2.00 bits per heavy atom. The number of benzene rings is 1. The molecule has 0 aliphatic heterocycles. The van der Waals surface area contributed by atoms with Gasteiger partial charge in [0.1, 0.15) is 11.5 Å². The van der Waals surface area contributed by atoms with Crippen LogP contribution in [0, 0.1) is 0 Å². The number of anilines is 1. The minimum absolute atomic E-state index is 0.00643. The standard InChI is InChI=1S/C23H24F3N5O6/c1-27-20-19(21(34)30(14-33)9-4-10-32)31(13-15-7-8-18(35-2)28-12-15)22(29-20)36-16-5-3-6-17(11-16)37-23(24,25)26/h3,5-8,11-12,14,27,32H,4,9-10,13H2,1-2H3. The molecule has 0 atom stereocenters. The lowest BCUT2D eigenvalue weighted by Crippen LogP contribution is -2.33. The lowest BCUT2D eigenvalue weighted by Gasteiger charge is -2.18. The number of aliphatic hydroxyl groups excluding tert-OH is 1. The normalized spacial score (nSPS) is 11.1. The molecule has 0 unspecified atom stereocenters. The van der Waals surface area contributed by atoms with Crippen molar-refractivity contribution in [2.45, 2.75) is 19.3 Å². The lowest BCUT2D eigenvalue weighted by atomic mass is 10.2. The van der Waals surface area contributed by atoms with E-state index in [1.165, 1.54) is 37.1 Å². The molecule has 0 saturated carbocycles. The van der Waals surface area contributed by atoms with Crippen molar-refractivity contribution in [3.05, 3.63) is 53.9 Å². The van der Waals surface area contributed by atoms with Crippen molar-refractivity contribution in [3.63, 3.8) is 0 Å². The molecule has 0 aliphatic rings. The summed E-state index contributed by atoms with van der Waals surface area (Å²) in [6, 6.07) is 7.94. The molecular formula is C23H24F3N5O6. The number of pyridine rings is 1. The molecule has 2 heterocycles. The van der Waals surface area contributed by atoms with Crippen molar-refractivity contribution in [2.75, 3.05) is 32.6 Å². The molecule has 198 valence electrons. The molecule has 0 fully saturated rings. The zero-order chi connectivity index (χ0) is 27.0. The summed E-state index contributed by atoms with van der Waals surface area (Å²) in [7, 11) is 2.95. The Bertz CT molecular complexity index is 1220. The number of hydrogen-bond donors (Lipinski definition) is 2. The van der Waals surface area contributed by atoms with Crippen molar-refractivity contribution < 1.29 is 42.1 Å². The number of rotatable bonds is 12. The van der Waals surface area contributed by atoms with E-state index in [9.17, 15) is 22.8 Å². The number of imide groups is 1. The van der Waals surface area contributed by atoms with Gasteiger partial charge in [0.2, 0.25) is 12.3 Å². The molecule has 3 aromatic rings. The molecule has 1 aromatic carbocycles. The van der Waals surface area contributed by atoms with Crippen molar-refractivity contribution >= 4 is 18.1 Å². The van der Waals surface area contributed by atoms with Gasteiger partial charge in [-0.15, -0.1) is 13.2 Å². The Morgan fingerprint density at radius 1 is 1.24 bits per heavy atom. The third-order valence-corrected chi connectivity index (χ3v) is 4.91. The van der Waals surface area contributed by atoms with Crippen LogP contribution in [-0.4, -0.2) is 70.5 Å². The Morgan fingerprint density at radius 3 is 2.59 bits per heavy atom. The number of halogens is 3. The highest BCUT2D eigenvalue weighted by molar-refractivity contribution is 6.02. The van der Waals surface area contributed by atoms with Gasteiger partial charge in [0.25, 0.3) is 5.91 Å². The number of carbonyl (C=O) groups excluding carboxylic acids is 2. The topological polar surface area (TPSA) is 128 Å². The summed E-state index contributed by atoms with van der Waals surface area (Å²) >= 11 is 0.